The highest BCUT2D eigenvalue weighted by Crippen LogP contribution is 2.29. The van der Waals surface area contributed by atoms with Crippen molar-refractivity contribution in [1.29, 1.82) is 0 Å². The molecule has 1 unspecified atom stereocenters. The predicted octanol–water partition coefficient (Wildman–Crippen LogP) is 2.53. The van der Waals surface area contributed by atoms with Gasteiger partial charge in [-0.3, -0.25) is 4.79 Å². The molecule has 0 aliphatic heterocycles. The Morgan fingerprint density at radius 2 is 2.21 bits per heavy atom. The van der Waals surface area contributed by atoms with E-state index in [1.165, 1.54) is 0 Å². The van der Waals surface area contributed by atoms with Crippen molar-refractivity contribution in [2.24, 2.45) is 11.8 Å². The SMILES string of the molecule is CCC(=O)C(CC(C)=O)[C@@H]1C=CCC1. The fourth-order valence-electron chi connectivity index (χ4n) is 2.07. The molecule has 1 aliphatic carbocycles. The summed E-state index contributed by atoms with van der Waals surface area (Å²) in [6.07, 6.45) is 7.26. The largest absolute Gasteiger partial charge is 0.300 e. The minimum Gasteiger partial charge on any atom is -0.300 e. The van der Waals surface area contributed by atoms with E-state index in [1.54, 1.807) is 6.92 Å². The highest BCUT2D eigenvalue weighted by molar-refractivity contribution is 5.87. The van der Waals surface area contributed by atoms with Gasteiger partial charge in [0.1, 0.15) is 11.6 Å². The van der Waals surface area contributed by atoms with Crippen LogP contribution >= 0.6 is 0 Å². The van der Waals surface area contributed by atoms with Gasteiger partial charge in [-0.15, -0.1) is 0 Å². The summed E-state index contributed by atoms with van der Waals surface area (Å²) in [5, 5.41) is 0. The molecule has 0 radical (unpaired) electrons. The lowest BCUT2D eigenvalue weighted by atomic mass is 9.83. The van der Waals surface area contributed by atoms with Gasteiger partial charge >= 0.3 is 0 Å². The van der Waals surface area contributed by atoms with Gasteiger partial charge in [-0.25, -0.2) is 0 Å². The number of ketones is 2. The van der Waals surface area contributed by atoms with Crippen LogP contribution in [0.25, 0.3) is 0 Å². The summed E-state index contributed by atoms with van der Waals surface area (Å²) >= 11 is 0. The maximum absolute atomic E-state index is 11.6. The van der Waals surface area contributed by atoms with Crippen LogP contribution in [0.15, 0.2) is 12.2 Å². The Morgan fingerprint density at radius 3 is 2.64 bits per heavy atom. The van der Waals surface area contributed by atoms with E-state index in [-0.39, 0.29) is 17.5 Å². The van der Waals surface area contributed by atoms with Crippen molar-refractivity contribution in [2.75, 3.05) is 0 Å². The first-order valence-electron chi connectivity index (χ1n) is 5.34. The van der Waals surface area contributed by atoms with E-state index >= 15 is 0 Å². The molecule has 0 aromatic rings. The van der Waals surface area contributed by atoms with Crippen LogP contribution in [0, 0.1) is 11.8 Å². The number of carbonyl (C=O) groups excluding carboxylic acids is 2. The van der Waals surface area contributed by atoms with E-state index in [9.17, 15) is 9.59 Å². The smallest absolute Gasteiger partial charge is 0.136 e. The molecule has 0 bridgehead atoms. The second kappa shape index (κ2) is 5.08. The highest BCUT2D eigenvalue weighted by Gasteiger charge is 2.27. The third kappa shape index (κ3) is 2.79. The molecule has 0 aromatic heterocycles. The summed E-state index contributed by atoms with van der Waals surface area (Å²) in [5.74, 6) is 0.608. The summed E-state index contributed by atoms with van der Waals surface area (Å²) in [7, 11) is 0. The molecule has 14 heavy (non-hydrogen) atoms. The minimum absolute atomic E-state index is 0.0590. The first kappa shape index (κ1) is 11.2. The average Bonchev–Trinajstić information content (AvgIpc) is 2.65. The van der Waals surface area contributed by atoms with Crippen LogP contribution in [0.5, 0.6) is 0 Å². The molecular weight excluding hydrogens is 176 g/mol. The molecule has 78 valence electrons. The van der Waals surface area contributed by atoms with Gasteiger partial charge < -0.3 is 4.79 Å². The lowest BCUT2D eigenvalue weighted by molar-refractivity contribution is -0.128. The van der Waals surface area contributed by atoms with E-state index in [0.717, 1.165) is 12.8 Å². The molecule has 0 saturated heterocycles. The molecule has 2 heteroatoms. The summed E-state index contributed by atoms with van der Waals surface area (Å²) in [6.45, 7) is 3.43. The van der Waals surface area contributed by atoms with Crippen molar-refractivity contribution in [3.05, 3.63) is 12.2 Å². The molecule has 0 aromatic carbocycles. The normalized spacial score (nSPS) is 22.3. The minimum atomic E-state index is -0.0590. The van der Waals surface area contributed by atoms with Gasteiger partial charge in [0.25, 0.3) is 0 Å². The molecule has 0 heterocycles. The molecule has 0 fully saturated rings. The van der Waals surface area contributed by atoms with Crippen molar-refractivity contribution >= 4 is 11.6 Å². The summed E-state index contributed by atoms with van der Waals surface area (Å²) in [5.41, 5.74) is 0. The zero-order valence-electron chi connectivity index (χ0n) is 8.95. The van der Waals surface area contributed by atoms with Crippen LogP contribution in [-0.4, -0.2) is 11.6 Å². The maximum Gasteiger partial charge on any atom is 0.136 e. The van der Waals surface area contributed by atoms with E-state index in [1.807, 2.05) is 6.92 Å². The van der Waals surface area contributed by atoms with E-state index in [0.29, 0.717) is 18.8 Å². The van der Waals surface area contributed by atoms with E-state index in [2.05, 4.69) is 12.2 Å². The van der Waals surface area contributed by atoms with Gasteiger partial charge in [0, 0.05) is 18.8 Å². The summed E-state index contributed by atoms with van der Waals surface area (Å²) < 4.78 is 0. The number of allylic oxidation sites excluding steroid dienone is 2. The van der Waals surface area contributed by atoms with Crippen molar-refractivity contribution in [2.45, 2.75) is 39.5 Å². The van der Waals surface area contributed by atoms with Gasteiger partial charge in [0.05, 0.1) is 0 Å². The molecule has 0 N–H and O–H groups in total. The van der Waals surface area contributed by atoms with Crippen molar-refractivity contribution in [1.82, 2.24) is 0 Å². The quantitative estimate of drug-likeness (QED) is 0.630. The van der Waals surface area contributed by atoms with E-state index < -0.39 is 0 Å². The Balaban J connectivity index is 2.65. The van der Waals surface area contributed by atoms with Gasteiger partial charge in [-0.2, -0.15) is 0 Å². The molecule has 0 saturated carbocycles. The number of hydrogen-bond acceptors (Lipinski definition) is 2. The average molecular weight is 194 g/mol. The van der Waals surface area contributed by atoms with Crippen molar-refractivity contribution < 1.29 is 9.59 Å². The number of Topliss-reactive ketones (excluding diaryl/α,β-unsaturated/α-hetero) is 2. The van der Waals surface area contributed by atoms with E-state index in [4.69, 9.17) is 0 Å². The van der Waals surface area contributed by atoms with Crippen LogP contribution in [0.1, 0.15) is 39.5 Å². The lowest BCUT2D eigenvalue weighted by Gasteiger charge is -2.19. The highest BCUT2D eigenvalue weighted by atomic mass is 16.1. The molecular formula is C12H18O2. The maximum atomic E-state index is 11.6. The fraction of sp³-hybridized carbons (Fsp3) is 0.667. The van der Waals surface area contributed by atoms with Gasteiger partial charge in [0.2, 0.25) is 0 Å². The molecule has 0 spiro atoms. The Hall–Kier alpha value is -0.920. The molecule has 2 atom stereocenters. The van der Waals surface area contributed by atoms with Crippen LogP contribution in [0.4, 0.5) is 0 Å². The summed E-state index contributed by atoms with van der Waals surface area (Å²) in [4.78, 5) is 22.7. The number of hydrogen-bond donors (Lipinski definition) is 0. The third-order valence-electron chi connectivity index (χ3n) is 2.84. The first-order chi connectivity index (χ1) is 6.65. The Bertz CT molecular complexity index is 253. The van der Waals surface area contributed by atoms with Crippen molar-refractivity contribution in [3.8, 4) is 0 Å². The van der Waals surface area contributed by atoms with Gasteiger partial charge in [-0.1, -0.05) is 19.1 Å². The predicted molar refractivity (Wildman–Crippen MR) is 56.0 cm³/mol. The second-order valence-electron chi connectivity index (χ2n) is 4.00. The third-order valence-corrected chi connectivity index (χ3v) is 2.84. The van der Waals surface area contributed by atoms with Crippen molar-refractivity contribution in [3.63, 3.8) is 0 Å². The Labute approximate surface area is 85.4 Å². The fourth-order valence-corrected chi connectivity index (χ4v) is 2.07. The zero-order chi connectivity index (χ0) is 10.6. The zero-order valence-corrected chi connectivity index (χ0v) is 8.95. The Kier molecular flexibility index (Phi) is 4.05. The lowest BCUT2D eigenvalue weighted by Crippen LogP contribution is -2.23. The number of rotatable bonds is 5. The number of carbonyl (C=O) groups is 2. The van der Waals surface area contributed by atoms with Crippen LogP contribution in [0.3, 0.4) is 0 Å². The van der Waals surface area contributed by atoms with Crippen LogP contribution in [0.2, 0.25) is 0 Å². The molecule has 1 rings (SSSR count). The summed E-state index contributed by atoms with van der Waals surface area (Å²) in [6, 6.07) is 0. The van der Waals surface area contributed by atoms with Gasteiger partial charge in [-0.05, 0) is 25.7 Å². The van der Waals surface area contributed by atoms with Crippen LogP contribution < -0.4 is 0 Å². The first-order valence-corrected chi connectivity index (χ1v) is 5.34. The molecule has 1 aliphatic rings. The van der Waals surface area contributed by atoms with Gasteiger partial charge in [0.15, 0.2) is 0 Å². The molecule has 2 nitrogen and oxygen atoms in total. The second-order valence-corrected chi connectivity index (χ2v) is 4.00. The monoisotopic (exact) mass is 194 g/mol. The van der Waals surface area contributed by atoms with Crippen LogP contribution in [-0.2, 0) is 9.59 Å². The Morgan fingerprint density at radius 1 is 1.50 bits per heavy atom. The molecule has 0 amide bonds. The topological polar surface area (TPSA) is 34.1 Å². The standard InChI is InChI=1S/C12H18O2/c1-3-12(14)11(8-9(2)13)10-6-4-5-7-10/h4,6,10-11H,3,5,7-8H2,1-2H3/t10-,11?/m1/s1.